The third-order valence-corrected chi connectivity index (χ3v) is 3.82. The molecule has 1 aromatic heterocycles. The molecule has 1 saturated carbocycles. The van der Waals surface area contributed by atoms with E-state index in [1.54, 1.807) is 24.5 Å². The zero-order valence-electron chi connectivity index (χ0n) is 11.9. The van der Waals surface area contributed by atoms with E-state index in [-0.39, 0.29) is 23.7 Å². The quantitative estimate of drug-likeness (QED) is 0.904. The van der Waals surface area contributed by atoms with Gasteiger partial charge in [0, 0.05) is 23.8 Å². The lowest BCUT2D eigenvalue weighted by Crippen LogP contribution is -2.17. The van der Waals surface area contributed by atoms with Crippen LogP contribution in [0.2, 0.25) is 5.02 Å². The van der Waals surface area contributed by atoms with Crippen molar-refractivity contribution in [2.75, 3.05) is 10.6 Å². The van der Waals surface area contributed by atoms with Gasteiger partial charge in [-0.15, -0.1) is 0 Å². The summed E-state index contributed by atoms with van der Waals surface area (Å²) in [6.45, 7) is 1.41. The fourth-order valence-electron chi connectivity index (χ4n) is 2.45. The van der Waals surface area contributed by atoms with Gasteiger partial charge in [0.2, 0.25) is 11.8 Å². The molecule has 2 aromatic rings. The van der Waals surface area contributed by atoms with Gasteiger partial charge in [0.15, 0.2) is 0 Å². The molecular formula is C16H15ClN2O3. The van der Waals surface area contributed by atoms with E-state index >= 15 is 0 Å². The van der Waals surface area contributed by atoms with Gasteiger partial charge in [0.05, 0.1) is 17.6 Å². The van der Waals surface area contributed by atoms with Crippen molar-refractivity contribution in [2.24, 2.45) is 5.92 Å². The largest absolute Gasteiger partial charge is 0.469 e. The first kappa shape index (κ1) is 14.7. The van der Waals surface area contributed by atoms with Gasteiger partial charge >= 0.3 is 0 Å². The Balaban J connectivity index is 1.72. The molecule has 2 N–H and O–H groups in total. The van der Waals surface area contributed by atoms with Crippen LogP contribution >= 0.6 is 11.6 Å². The maximum absolute atomic E-state index is 12.3. The molecule has 0 bridgehead atoms. The SMILES string of the molecule is CC(=O)Nc1ccc(Cl)cc1NC(=O)C1CC1c1ccco1. The lowest BCUT2D eigenvalue weighted by atomic mass is 10.2. The van der Waals surface area contributed by atoms with Gasteiger partial charge in [-0.1, -0.05) is 11.6 Å². The molecule has 1 heterocycles. The smallest absolute Gasteiger partial charge is 0.228 e. The Kier molecular flexibility index (Phi) is 3.90. The number of carbonyl (C=O) groups is 2. The topological polar surface area (TPSA) is 71.3 Å². The van der Waals surface area contributed by atoms with Gasteiger partial charge in [0.25, 0.3) is 0 Å². The first-order valence-corrected chi connectivity index (χ1v) is 7.34. The van der Waals surface area contributed by atoms with E-state index in [1.165, 1.54) is 6.92 Å². The van der Waals surface area contributed by atoms with Gasteiger partial charge in [-0.05, 0) is 36.8 Å². The van der Waals surface area contributed by atoms with Gasteiger partial charge in [-0.3, -0.25) is 9.59 Å². The van der Waals surface area contributed by atoms with E-state index in [9.17, 15) is 9.59 Å². The maximum atomic E-state index is 12.3. The number of hydrogen-bond acceptors (Lipinski definition) is 3. The Morgan fingerprint density at radius 3 is 2.73 bits per heavy atom. The van der Waals surface area contributed by atoms with Crippen LogP contribution in [0.3, 0.4) is 0 Å². The minimum absolute atomic E-state index is 0.102. The molecule has 2 atom stereocenters. The lowest BCUT2D eigenvalue weighted by molar-refractivity contribution is -0.117. The van der Waals surface area contributed by atoms with E-state index in [2.05, 4.69) is 10.6 Å². The van der Waals surface area contributed by atoms with Crippen molar-refractivity contribution < 1.29 is 14.0 Å². The third kappa shape index (κ3) is 3.14. The number of anilines is 2. The number of furan rings is 1. The molecule has 1 aliphatic carbocycles. The molecule has 6 heteroatoms. The van der Waals surface area contributed by atoms with E-state index in [1.807, 2.05) is 12.1 Å². The van der Waals surface area contributed by atoms with Crippen molar-refractivity contribution in [3.63, 3.8) is 0 Å². The predicted molar refractivity (Wildman–Crippen MR) is 83.9 cm³/mol. The minimum atomic E-state index is -0.210. The van der Waals surface area contributed by atoms with Gasteiger partial charge in [-0.25, -0.2) is 0 Å². The summed E-state index contributed by atoms with van der Waals surface area (Å²) in [7, 11) is 0. The molecular weight excluding hydrogens is 304 g/mol. The summed E-state index contributed by atoms with van der Waals surface area (Å²) < 4.78 is 5.33. The Labute approximate surface area is 132 Å². The van der Waals surface area contributed by atoms with Crippen molar-refractivity contribution in [3.05, 3.63) is 47.4 Å². The van der Waals surface area contributed by atoms with Crippen LogP contribution in [0.4, 0.5) is 11.4 Å². The molecule has 0 spiro atoms. The Hall–Kier alpha value is -2.27. The van der Waals surface area contributed by atoms with E-state index < -0.39 is 0 Å². The summed E-state index contributed by atoms with van der Waals surface area (Å²) in [4.78, 5) is 23.5. The molecule has 2 unspecified atom stereocenters. The first-order chi connectivity index (χ1) is 10.5. The highest BCUT2D eigenvalue weighted by atomic mass is 35.5. The average Bonchev–Trinajstić information content (AvgIpc) is 3.08. The lowest BCUT2D eigenvalue weighted by Gasteiger charge is -2.11. The molecule has 22 heavy (non-hydrogen) atoms. The molecule has 0 radical (unpaired) electrons. The standard InChI is InChI=1S/C16H15ClN2O3/c1-9(20)18-13-5-4-10(17)7-14(13)19-16(21)12-8-11(12)15-3-2-6-22-15/h2-7,11-12H,8H2,1H3,(H,18,20)(H,19,21). The number of halogens is 1. The average molecular weight is 319 g/mol. The Morgan fingerprint density at radius 2 is 2.05 bits per heavy atom. The van der Waals surface area contributed by atoms with Crippen LogP contribution in [0, 0.1) is 5.92 Å². The second-order valence-corrected chi connectivity index (χ2v) is 5.76. The molecule has 3 rings (SSSR count). The summed E-state index contributed by atoms with van der Waals surface area (Å²) in [5.41, 5.74) is 1.03. The fourth-order valence-corrected chi connectivity index (χ4v) is 2.62. The highest BCUT2D eigenvalue weighted by Gasteiger charge is 2.45. The summed E-state index contributed by atoms with van der Waals surface area (Å²) in [5.74, 6) is 0.523. The second kappa shape index (κ2) is 5.85. The van der Waals surface area contributed by atoms with Crippen LogP contribution in [0.25, 0.3) is 0 Å². The Morgan fingerprint density at radius 1 is 1.23 bits per heavy atom. The van der Waals surface area contributed by atoms with Gasteiger partial charge in [-0.2, -0.15) is 0 Å². The number of carbonyl (C=O) groups excluding carboxylic acids is 2. The number of hydrogen-bond donors (Lipinski definition) is 2. The molecule has 2 amide bonds. The van der Waals surface area contributed by atoms with Crippen LogP contribution in [0.15, 0.2) is 41.0 Å². The first-order valence-electron chi connectivity index (χ1n) is 6.96. The molecule has 1 aromatic carbocycles. The van der Waals surface area contributed by atoms with Crippen molar-refractivity contribution in [2.45, 2.75) is 19.3 Å². The van der Waals surface area contributed by atoms with Crippen molar-refractivity contribution in [3.8, 4) is 0 Å². The van der Waals surface area contributed by atoms with E-state index in [4.69, 9.17) is 16.0 Å². The highest BCUT2D eigenvalue weighted by Crippen LogP contribution is 2.48. The molecule has 5 nitrogen and oxygen atoms in total. The predicted octanol–water partition coefficient (Wildman–Crippen LogP) is 3.63. The summed E-state index contributed by atoms with van der Waals surface area (Å²) in [6, 6.07) is 8.63. The number of benzene rings is 1. The zero-order valence-corrected chi connectivity index (χ0v) is 12.7. The number of rotatable bonds is 4. The Bertz CT molecular complexity index is 712. The third-order valence-electron chi connectivity index (χ3n) is 3.59. The molecule has 1 fully saturated rings. The molecule has 0 saturated heterocycles. The molecule has 0 aliphatic heterocycles. The monoisotopic (exact) mass is 318 g/mol. The summed E-state index contributed by atoms with van der Waals surface area (Å²) in [6.07, 6.45) is 2.36. The van der Waals surface area contributed by atoms with Gasteiger partial charge < -0.3 is 15.1 Å². The van der Waals surface area contributed by atoms with Crippen LogP contribution in [0.5, 0.6) is 0 Å². The second-order valence-electron chi connectivity index (χ2n) is 5.32. The van der Waals surface area contributed by atoms with E-state index in [0.717, 1.165) is 12.2 Å². The number of nitrogens with one attached hydrogen (secondary N) is 2. The van der Waals surface area contributed by atoms with E-state index in [0.29, 0.717) is 16.4 Å². The summed E-state index contributed by atoms with van der Waals surface area (Å²) in [5, 5.41) is 5.99. The van der Waals surface area contributed by atoms with Crippen molar-refractivity contribution >= 4 is 34.8 Å². The van der Waals surface area contributed by atoms with Crippen molar-refractivity contribution in [1.29, 1.82) is 0 Å². The minimum Gasteiger partial charge on any atom is -0.469 e. The van der Waals surface area contributed by atoms with Crippen LogP contribution in [-0.4, -0.2) is 11.8 Å². The van der Waals surface area contributed by atoms with Gasteiger partial charge in [0.1, 0.15) is 5.76 Å². The zero-order chi connectivity index (χ0) is 15.7. The number of amides is 2. The summed E-state index contributed by atoms with van der Waals surface area (Å²) >= 11 is 5.96. The van der Waals surface area contributed by atoms with Crippen LogP contribution < -0.4 is 10.6 Å². The molecule has 1 aliphatic rings. The van der Waals surface area contributed by atoms with Crippen LogP contribution in [0.1, 0.15) is 25.0 Å². The van der Waals surface area contributed by atoms with Crippen molar-refractivity contribution in [1.82, 2.24) is 0 Å². The molecule has 114 valence electrons. The fraction of sp³-hybridized carbons (Fsp3) is 0.250. The maximum Gasteiger partial charge on any atom is 0.228 e. The normalized spacial score (nSPS) is 19.5. The van der Waals surface area contributed by atoms with Crippen LogP contribution in [-0.2, 0) is 9.59 Å². The highest BCUT2D eigenvalue weighted by molar-refractivity contribution is 6.31.